The Morgan fingerprint density at radius 2 is 1.80 bits per heavy atom. The Balaban J connectivity index is 3.04. The van der Waals surface area contributed by atoms with Crippen molar-refractivity contribution in [2.75, 3.05) is 26.5 Å². The molecule has 2 amide bonds. The van der Waals surface area contributed by atoms with Crippen molar-refractivity contribution in [1.82, 2.24) is 10.2 Å². The third kappa shape index (κ3) is 3.57. The van der Waals surface area contributed by atoms with Crippen LogP contribution < -0.4 is 10.6 Å². The van der Waals surface area contributed by atoms with Crippen LogP contribution in [0.4, 0.5) is 5.69 Å². The second kappa shape index (κ2) is 6.05. The summed E-state index contributed by atoms with van der Waals surface area (Å²) < 4.78 is 0. The summed E-state index contributed by atoms with van der Waals surface area (Å²) in [4.78, 5) is 25.6. The highest BCUT2D eigenvalue weighted by molar-refractivity contribution is 6.00. The molecule has 20 heavy (non-hydrogen) atoms. The van der Waals surface area contributed by atoms with Gasteiger partial charge in [0.1, 0.15) is 0 Å². The van der Waals surface area contributed by atoms with Crippen molar-refractivity contribution in [2.24, 2.45) is 0 Å². The van der Waals surface area contributed by atoms with Crippen LogP contribution in [-0.4, -0.2) is 43.4 Å². The minimum atomic E-state index is -0.673. The van der Waals surface area contributed by atoms with E-state index in [4.69, 9.17) is 0 Å². The van der Waals surface area contributed by atoms with Gasteiger partial charge in [-0.15, -0.1) is 0 Å². The average molecular weight is 277 g/mol. The number of likely N-dealkylation sites (N-methyl/N-ethyl adjacent to an activating group) is 1. The number of aryl methyl sites for hydroxylation is 1. The van der Waals surface area contributed by atoms with E-state index in [1.165, 1.54) is 4.90 Å². The molecule has 1 aromatic carbocycles. The zero-order chi connectivity index (χ0) is 15.5. The van der Waals surface area contributed by atoms with Gasteiger partial charge in [-0.25, -0.2) is 0 Å². The second-order valence-electron chi connectivity index (χ2n) is 5.56. The van der Waals surface area contributed by atoms with Gasteiger partial charge in [-0.3, -0.25) is 9.59 Å². The van der Waals surface area contributed by atoms with Gasteiger partial charge in [0.2, 0.25) is 5.91 Å². The Hall–Kier alpha value is -1.88. The molecule has 0 heterocycles. The van der Waals surface area contributed by atoms with Crippen LogP contribution in [0.15, 0.2) is 18.2 Å². The summed E-state index contributed by atoms with van der Waals surface area (Å²) in [6.07, 6.45) is 0. The Labute approximate surface area is 120 Å². The van der Waals surface area contributed by atoms with Gasteiger partial charge in [0, 0.05) is 25.3 Å². The third-order valence-corrected chi connectivity index (χ3v) is 3.33. The molecule has 5 heteroatoms. The monoisotopic (exact) mass is 277 g/mol. The molecule has 0 saturated heterocycles. The zero-order valence-corrected chi connectivity index (χ0v) is 13.0. The Bertz CT molecular complexity index is 522. The quantitative estimate of drug-likeness (QED) is 0.879. The molecule has 0 unspecified atom stereocenters. The SMILES string of the molecule is CNC(C)(C)C(=O)Nc1cc(C(=O)N(C)C)ccc1C. The van der Waals surface area contributed by atoms with Crippen molar-refractivity contribution < 1.29 is 9.59 Å². The normalized spacial score (nSPS) is 11.1. The summed E-state index contributed by atoms with van der Waals surface area (Å²) in [5, 5.41) is 5.81. The molecule has 0 bridgehead atoms. The Morgan fingerprint density at radius 1 is 1.20 bits per heavy atom. The lowest BCUT2D eigenvalue weighted by molar-refractivity contribution is -0.121. The number of carbonyl (C=O) groups is 2. The molecule has 0 aromatic heterocycles. The van der Waals surface area contributed by atoms with E-state index in [0.717, 1.165) is 5.56 Å². The summed E-state index contributed by atoms with van der Waals surface area (Å²) >= 11 is 0. The molecule has 110 valence electrons. The molecule has 0 saturated carbocycles. The number of nitrogens with one attached hydrogen (secondary N) is 2. The average Bonchev–Trinajstić information content (AvgIpc) is 2.40. The van der Waals surface area contributed by atoms with Crippen molar-refractivity contribution in [2.45, 2.75) is 26.3 Å². The van der Waals surface area contributed by atoms with Gasteiger partial charge in [-0.2, -0.15) is 0 Å². The van der Waals surface area contributed by atoms with Gasteiger partial charge in [-0.1, -0.05) is 6.07 Å². The highest BCUT2D eigenvalue weighted by atomic mass is 16.2. The molecule has 1 aromatic rings. The molecule has 0 fully saturated rings. The first-order chi connectivity index (χ1) is 9.19. The number of hydrogen-bond donors (Lipinski definition) is 2. The van der Waals surface area contributed by atoms with E-state index in [1.807, 2.05) is 13.0 Å². The van der Waals surface area contributed by atoms with E-state index in [2.05, 4.69) is 10.6 Å². The van der Waals surface area contributed by atoms with E-state index in [-0.39, 0.29) is 11.8 Å². The molecule has 0 aliphatic rings. The topological polar surface area (TPSA) is 61.4 Å². The van der Waals surface area contributed by atoms with Crippen molar-refractivity contribution >= 4 is 17.5 Å². The molecule has 0 spiro atoms. The van der Waals surface area contributed by atoms with Gasteiger partial charge >= 0.3 is 0 Å². The molecular weight excluding hydrogens is 254 g/mol. The zero-order valence-electron chi connectivity index (χ0n) is 13.0. The number of amides is 2. The van der Waals surface area contributed by atoms with Crippen LogP contribution in [0.2, 0.25) is 0 Å². The van der Waals surface area contributed by atoms with Crippen molar-refractivity contribution in [1.29, 1.82) is 0 Å². The first-order valence-corrected chi connectivity index (χ1v) is 6.51. The molecule has 5 nitrogen and oxygen atoms in total. The number of nitrogens with zero attached hydrogens (tertiary/aromatic N) is 1. The molecule has 0 radical (unpaired) electrons. The van der Waals surface area contributed by atoms with Crippen molar-refractivity contribution in [3.63, 3.8) is 0 Å². The fourth-order valence-corrected chi connectivity index (χ4v) is 1.54. The van der Waals surface area contributed by atoms with Gasteiger partial charge in [-0.05, 0) is 45.5 Å². The van der Waals surface area contributed by atoms with E-state index >= 15 is 0 Å². The summed E-state index contributed by atoms with van der Waals surface area (Å²) in [5.41, 5.74) is 1.46. The molecule has 0 aliphatic carbocycles. The number of benzene rings is 1. The van der Waals surface area contributed by atoms with E-state index < -0.39 is 5.54 Å². The van der Waals surface area contributed by atoms with Crippen LogP contribution in [0, 0.1) is 6.92 Å². The Kier molecular flexibility index (Phi) is 4.89. The maximum atomic E-state index is 12.2. The maximum absolute atomic E-state index is 12.2. The fraction of sp³-hybridized carbons (Fsp3) is 0.467. The predicted molar refractivity (Wildman–Crippen MR) is 81.0 cm³/mol. The molecule has 0 atom stereocenters. The maximum Gasteiger partial charge on any atom is 0.253 e. The summed E-state index contributed by atoms with van der Waals surface area (Å²) in [7, 11) is 5.13. The van der Waals surface area contributed by atoms with Crippen LogP contribution in [0.5, 0.6) is 0 Å². The van der Waals surface area contributed by atoms with Crippen molar-refractivity contribution in [3.05, 3.63) is 29.3 Å². The minimum Gasteiger partial charge on any atom is -0.345 e. The Morgan fingerprint density at radius 3 is 2.30 bits per heavy atom. The predicted octanol–water partition coefficient (Wildman–Crippen LogP) is 1.63. The van der Waals surface area contributed by atoms with Crippen LogP contribution >= 0.6 is 0 Å². The van der Waals surface area contributed by atoms with Crippen LogP contribution in [0.1, 0.15) is 29.8 Å². The van der Waals surface area contributed by atoms with Gasteiger partial charge < -0.3 is 15.5 Å². The first kappa shape index (κ1) is 16.2. The van der Waals surface area contributed by atoms with E-state index in [1.54, 1.807) is 47.1 Å². The number of anilines is 1. The number of rotatable bonds is 4. The molecular formula is C15H23N3O2. The van der Waals surface area contributed by atoms with Crippen LogP contribution in [0.3, 0.4) is 0 Å². The minimum absolute atomic E-state index is 0.0895. The first-order valence-electron chi connectivity index (χ1n) is 6.51. The van der Waals surface area contributed by atoms with Gasteiger partial charge in [0.25, 0.3) is 5.91 Å². The molecule has 2 N–H and O–H groups in total. The fourth-order valence-electron chi connectivity index (χ4n) is 1.54. The lowest BCUT2D eigenvalue weighted by Crippen LogP contribution is -2.48. The smallest absolute Gasteiger partial charge is 0.253 e. The highest BCUT2D eigenvalue weighted by Crippen LogP contribution is 2.19. The highest BCUT2D eigenvalue weighted by Gasteiger charge is 2.25. The number of carbonyl (C=O) groups excluding carboxylic acids is 2. The molecule has 1 rings (SSSR count). The van der Waals surface area contributed by atoms with Gasteiger partial charge in [0.05, 0.1) is 5.54 Å². The van der Waals surface area contributed by atoms with Gasteiger partial charge in [0.15, 0.2) is 0 Å². The number of hydrogen-bond acceptors (Lipinski definition) is 3. The summed E-state index contributed by atoms with van der Waals surface area (Å²) in [6.45, 7) is 5.49. The van der Waals surface area contributed by atoms with Crippen LogP contribution in [0.25, 0.3) is 0 Å². The summed E-state index contributed by atoms with van der Waals surface area (Å²) in [5.74, 6) is -0.231. The molecule has 0 aliphatic heterocycles. The van der Waals surface area contributed by atoms with Crippen LogP contribution in [-0.2, 0) is 4.79 Å². The summed E-state index contributed by atoms with van der Waals surface area (Å²) in [6, 6.07) is 5.30. The third-order valence-electron chi connectivity index (χ3n) is 3.33. The second-order valence-corrected chi connectivity index (χ2v) is 5.56. The van der Waals surface area contributed by atoms with E-state index in [9.17, 15) is 9.59 Å². The van der Waals surface area contributed by atoms with Crippen molar-refractivity contribution in [3.8, 4) is 0 Å². The van der Waals surface area contributed by atoms with E-state index in [0.29, 0.717) is 11.3 Å². The largest absolute Gasteiger partial charge is 0.345 e. The lowest BCUT2D eigenvalue weighted by atomic mass is 10.0. The standard InChI is InChI=1S/C15H23N3O2/c1-10-7-8-11(13(19)18(5)6)9-12(10)17-14(20)15(2,3)16-4/h7-9,16H,1-6H3,(H,17,20). The lowest BCUT2D eigenvalue weighted by Gasteiger charge is -2.23.